The van der Waals surface area contributed by atoms with Gasteiger partial charge in [-0.1, -0.05) is 29.9 Å². The maximum absolute atomic E-state index is 4.55. The van der Waals surface area contributed by atoms with Gasteiger partial charge in [0.1, 0.15) is 5.82 Å². The van der Waals surface area contributed by atoms with Crippen molar-refractivity contribution >= 4 is 18.2 Å². The Balaban J connectivity index is 0.00000264. The maximum atomic E-state index is 4.55. The molecular formula is C19H30ClN3. The Hall–Kier alpha value is -1.32. The molecule has 0 N–H and O–H groups in total. The zero-order valence-electron chi connectivity index (χ0n) is 14.8. The lowest BCUT2D eigenvalue weighted by atomic mass is 9.85. The Morgan fingerprint density at radius 2 is 2.13 bits per heavy atom. The fourth-order valence-corrected chi connectivity index (χ4v) is 2.91. The summed E-state index contributed by atoms with van der Waals surface area (Å²) in [7, 11) is 4.24. The molecule has 4 heteroatoms. The summed E-state index contributed by atoms with van der Waals surface area (Å²) in [5, 5.41) is 0. The molecule has 3 nitrogen and oxygen atoms in total. The molecule has 2 unspecified atom stereocenters. The van der Waals surface area contributed by atoms with Gasteiger partial charge in [-0.05, 0) is 65.3 Å². The molecule has 0 spiro atoms. The zero-order chi connectivity index (χ0) is 16.1. The molecule has 128 valence electrons. The summed E-state index contributed by atoms with van der Waals surface area (Å²) in [6, 6.07) is 6.13. The van der Waals surface area contributed by atoms with E-state index in [0.717, 1.165) is 18.8 Å². The number of halogens is 1. The van der Waals surface area contributed by atoms with E-state index in [2.05, 4.69) is 67.5 Å². The molecular weight excluding hydrogens is 306 g/mol. The molecule has 2 rings (SSSR count). The van der Waals surface area contributed by atoms with Gasteiger partial charge in [0.05, 0.1) is 6.17 Å². The van der Waals surface area contributed by atoms with Crippen molar-refractivity contribution in [1.82, 2.24) is 9.88 Å². The van der Waals surface area contributed by atoms with Gasteiger partial charge >= 0.3 is 0 Å². The first-order valence-corrected chi connectivity index (χ1v) is 8.16. The van der Waals surface area contributed by atoms with Crippen LogP contribution in [0.5, 0.6) is 0 Å². The third-order valence-corrected chi connectivity index (χ3v) is 4.72. The van der Waals surface area contributed by atoms with Crippen LogP contribution in [0.25, 0.3) is 0 Å². The van der Waals surface area contributed by atoms with Crippen molar-refractivity contribution in [2.75, 3.05) is 25.5 Å². The molecule has 1 heterocycles. The molecule has 0 saturated heterocycles. The standard InChI is InChI=1S/C19H29N3.ClH/c1-15(2)18-11-9-17(10-12-18)14-22(16(3)21(4)5)19-8-6-7-13-20-19;/h6-9,13,16,18H,1,10-12,14H2,2-5H3;1H. The zero-order valence-corrected chi connectivity index (χ0v) is 15.6. The van der Waals surface area contributed by atoms with E-state index in [1.807, 2.05) is 12.3 Å². The van der Waals surface area contributed by atoms with Crippen molar-refractivity contribution in [2.24, 2.45) is 5.92 Å². The van der Waals surface area contributed by atoms with E-state index in [0.29, 0.717) is 12.1 Å². The summed E-state index contributed by atoms with van der Waals surface area (Å²) in [5.41, 5.74) is 2.84. The molecule has 1 aliphatic carbocycles. The number of anilines is 1. The summed E-state index contributed by atoms with van der Waals surface area (Å²) < 4.78 is 0. The minimum atomic E-state index is 0. The van der Waals surface area contributed by atoms with Crippen LogP contribution < -0.4 is 4.90 Å². The molecule has 2 atom stereocenters. The van der Waals surface area contributed by atoms with E-state index in [4.69, 9.17) is 0 Å². The monoisotopic (exact) mass is 335 g/mol. The van der Waals surface area contributed by atoms with Crippen LogP contribution in [0.3, 0.4) is 0 Å². The van der Waals surface area contributed by atoms with Gasteiger partial charge in [-0.15, -0.1) is 12.4 Å². The molecule has 0 fully saturated rings. The van der Waals surface area contributed by atoms with Crippen LogP contribution in [0.15, 0.2) is 48.2 Å². The number of rotatable bonds is 6. The van der Waals surface area contributed by atoms with E-state index >= 15 is 0 Å². The molecule has 0 bridgehead atoms. The largest absolute Gasteiger partial charge is 0.337 e. The van der Waals surface area contributed by atoms with Gasteiger partial charge in [-0.3, -0.25) is 4.90 Å². The molecule has 23 heavy (non-hydrogen) atoms. The van der Waals surface area contributed by atoms with Crippen molar-refractivity contribution in [1.29, 1.82) is 0 Å². The Morgan fingerprint density at radius 1 is 1.39 bits per heavy atom. The third-order valence-electron chi connectivity index (χ3n) is 4.72. The van der Waals surface area contributed by atoms with E-state index in [1.165, 1.54) is 24.0 Å². The summed E-state index contributed by atoms with van der Waals surface area (Å²) in [6.45, 7) is 9.45. The van der Waals surface area contributed by atoms with Gasteiger partial charge in [0, 0.05) is 12.7 Å². The van der Waals surface area contributed by atoms with Crippen molar-refractivity contribution in [2.45, 2.75) is 39.3 Å². The normalized spacial score (nSPS) is 18.8. The average molecular weight is 336 g/mol. The highest BCUT2D eigenvalue weighted by molar-refractivity contribution is 5.85. The second-order valence-corrected chi connectivity index (χ2v) is 6.59. The van der Waals surface area contributed by atoms with Gasteiger partial charge in [0.2, 0.25) is 0 Å². The highest BCUT2D eigenvalue weighted by atomic mass is 35.5. The minimum Gasteiger partial charge on any atom is -0.337 e. The topological polar surface area (TPSA) is 19.4 Å². The Bertz CT molecular complexity index is 525. The van der Waals surface area contributed by atoms with E-state index < -0.39 is 0 Å². The summed E-state index contributed by atoms with van der Waals surface area (Å²) in [4.78, 5) is 9.16. The fraction of sp³-hybridized carbons (Fsp3) is 0.526. The Kier molecular flexibility index (Phi) is 7.80. The average Bonchev–Trinajstić information content (AvgIpc) is 2.53. The Morgan fingerprint density at radius 3 is 2.61 bits per heavy atom. The third kappa shape index (κ3) is 5.36. The van der Waals surface area contributed by atoms with E-state index in [-0.39, 0.29) is 12.4 Å². The summed E-state index contributed by atoms with van der Waals surface area (Å²) >= 11 is 0. The summed E-state index contributed by atoms with van der Waals surface area (Å²) in [6.07, 6.45) is 8.14. The van der Waals surface area contributed by atoms with Crippen LogP contribution >= 0.6 is 12.4 Å². The smallest absolute Gasteiger partial charge is 0.129 e. The molecule has 1 aromatic rings. The number of hydrogen-bond donors (Lipinski definition) is 0. The lowest BCUT2D eigenvalue weighted by Gasteiger charge is -2.36. The summed E-state index contributed by atoms with van der Waals surface area (Å²) in [5.74, 6) is 1.71. The van der Waals surface area contributed by atoms with Crippen LogP contribution in [-0.4, -0.2) is 36.7 Å². The fourth-order valence-electron chi connectivity index (χ4n) is 2.91. The van der Waals surface area contributed by atoms with Crippen LogP contribution in [0.4, 0.5) is 5.82 Å². The van der Waals surface area contributed by atoms with E-state index in [1.54, 1.807) is 0 Å². The van der Waals surface area contributed by atoms with Crippen molar-refractivity contribution < 1.29 is 0 Å². The molecule has 0 saturated carbocycles. The lowest BCUT2D eigenvalue weighted by Crippen LogP contribution is -2.44. The number of pyridine rings is 1. The first-order chi connectivity index (χ1) is 10.5. The SMILES string of the molecule is C=C(C)C1CC=C(CN(c2ccccn2)C(C)N(C)C)CC1.Cl. The first-order valence-electron chi connectivity index (χ1n) is 8.16. The van der Waals surface area contributed by atoms with Crippen molar-refractivity contribution in [3.63, 3.8) is 0 Å². The van der Waals surface area contributed by atoms with Gasteiger partial charge in [-0.2, -0.15) is 0 Å². The number of allylic oxidation sites excluding steroid dienone is 2. The molecule has 1 aliphatic rings. The quantitative estimate of drug-likeness (QED) is 0.563. The molecule has 0 radical (unpaired) electrons. The lowest BCUT2D eigenvalue weighted by molar-refractivity contribution is 0.303. The molecule has 1 aromatic heterocycles. The van der Waals surface area contributed by atoms with Gasteiger partial charge < -0.3 is 4.90 Å². The molecule has 0 aliphatic heterocycles. The second-order valence-electron chi connectivity index (χ2n) is 6.59. The number of hydrogen-bond acceptors (Lipinski definition) is 3. The maximum Gasteiger partial charge on any atom is 0.129 e. The van der Waals surface area contributed by atoms with Gasteiger partial charge in [-0.25, -0.2) is 4.98 Å². The predicted molar refractivity (Wildman–Crippen MR) is 102 cm³/mol. The highest BCUT2D eigenvalue weighted by Crippen LogP contribution is 2.29. The van der Waals surface area contributed by atoms with Crippen LogP contribution in [0.1, 0.15) is 33.1 Å². The van der Waals surface area contributed by atoms with Crippen LogP contribution in [0, 0.1) is 5.92 Å². The van der Waals surface area contributed by atoms with Crippen molar-refractivity contribution in [3.8, 4) is 0 Å². The molecule has 0 aromatic carbocycles. The second kappa shape index (κ2) is 9.09. The van der Waals surface area contributed by atoms with Gasteiger partial charge in [0.15, 0.2) is 0 Å². The van der Waals surface area contributed by atoms with Crippen molar-refractivity contribution in [3.05, 3.63) is 48.2 Å². The van der Waals surface area contributed by atoms with Crippen LogP contribution in [-0.2, 0) is 0 Å². The van der Waals surface area contributed by atoms with Gasteiger partial charge in [0.25, 0.3) is 0 Å². The van der Waals surface area contributed by atoms with E-state index in [9.17, 15) is 0 Å². The minimum absolute atomic E-state index is 0. The predicted octanol–water partition coefficient (Wildman–Crippen LogP) is 4.52. The number of aromatic nitrogens is 1. The molecule has 0 amide bonds. The van der Waals surface area contributed by atoms with Crippen LogP contribution in [0.2, 0.25) is 0 Å². The number of nitrogens with zero attached hydrogens (tertiary/aromatic N) is 3. The first kappa shape index (κ1) is 19.7. The Labute approximate surface area is 147 Å². The highest BCUT2D eigenvalue weighted by Gasteiger charge is 2.21.